The van der Waals surface area contributed by atoms with E-state index in [9.17, 15) is 13.2 Å². The average molecular weight is 266 g/mol. The molecule has 0 spiro atoms. The van der Waals surface area contributed by atoms with E-state index in [0.717, 1.165) is 17.7 Å². The third-order valence-corrected chi connectivity index (χ3v) is 2.72. The lowest BCUT2D eigenvalue weighted by Gasteiger charge is -2.11. The molecule has 1 heterocycles. The largest absolute Gasteiger partial charge is 0.416 e. The molecule has 2 aromatic rings. The van der Waals surface area contributed by atoms with Crippen LogP contribution in [0.15, 0.2) is 36.4 Å². The summed E-state index contributed by atoms with van der Waals surface area (Å²) in [7, 11) is 1.54. The predicted octanol–water partition coefficient (Wildman–Crippen LogP) is 4.12. The molecule has 0 unspecified atom stereocenters. The molecule has 0 aliphatic heterocycles. The van der Waals surface area contributed by atoms with Gasteiger partial charge in [-0.05, 0) is 25.1 Å². The minimum atomic E-state index is -4.38. The van der Waals surface area contributed by atoms with Gasteiger partial charge in [0, 0.05) is 12.6 Å². The summed E-state index contributed by atoms with van der Waals surface area (Å²) in [4.78, 5) is 4.17. The Morgan fingerprint density at radius 2 is 1.84 bits per heavy atom. The van der Waals surface area contributed by atoms with Crippen molar-refractivity contribution in [3.63, 3.8) is 0 Å². The van der Waals surface area contributed by atoms with Crippen LogP contribution in [0.1, 0.15) is 11.1 Å². The molecule has 100 valence electrons. The standard InChI is InChI=1S/C14H13F3N2/c1-9-4-3-5-10(6-9)12-7-11(14(15,16)17)8-13(18-2)19-12/h3-8H,1-2H3,(H,18,19). The van der Waals surface area contributed by atoms with Gasteiger partial charge in [-0.3, -0.25) is 0 Å². The molecular weight excluding hydrogens is 253 g/mol. The predicted molar refractivity (Wildman–Crippen MR) is 69.0 cm³/mol. The Hall–Kier alpha value is -2.04. The van der Waals surface area contributed by atoms with E-state index in [2.05, 4.69) is 10.3 Å². The molecule has 1 aromatic carbocycles. The highest BCUT2D eigenvalue weighted by Crippen LogP contribution is 2.33. The first-order chi connectivity index (χ1) is 8.90. The van der Waals surface area contributed by atoms with Gasteiger partial charge in [0.15, 0.2) is 0 Å². The van der Waals surface area contributed by atoms with Crippen LogP contribution in [-0.4, -0.2) is 12.0 Å². The zero-order valence-corrected chi connectivity index (χ0v) is 10.5. The van der Waals surface area contributed by atoms with E-state index in [1.165, 1.54) is 0 Å². The van der Waals surface area contributed by atoms with Crippen molar-refractivity contribution >= 4 is 5.82 Å². The van der Waals surface area contributed by atoms with Crippen molar-refractivity contribution in [2.24, 2.45) is 0 Å². The maximum absolute atomic E-state index is 12.8. The molecule has 5 heteroatoms. The van der Waals surface area contributed by atoms with Crippen molar-refractivity contribution in [3.05, 3.63) is 47.5 Å². The number of aromatic nitrogens is 1. The quantitative estimate of drug-likeness (QED) is 0.884. The second kappa shape index (κ2) is 4.91. The number of nitrogens with one attached hydrogen (secondary N) is 1. The molecule has 0 bridgehead atoms. The molecule has 2 nitrogen and oxygen atoms in total. The number of nitrogens with zero attached hydrogens (tertiary/aromatic N) is 1. The summed E-state index contributed by atoms with van der Waals surface area (Å²) in [5, 5.41) is 2.65. The van der Waals surface area contributed by atoms with E-state index < -0.39 is 11.7 Å². The Bertz CT molecular complexity index is 591. The van der Waals surface area contributed by atoms with Gasteiger partial charge in [0.25, 0.3) is 0 Å². The van der Waals surface area contributed by atoms with Crippen LogP contribution in [0, 0.1) is 6.92 Å². The normalized spacial score (nSPS) is 11.4. The maximum Gasteiger partial charge on any atom is 0.416 e. The van der Waals surface area contributed by atoms with Crippen LogP contribution >= 0.6 is 0 Å². The number of anilines is 1. The van der Waals surface area contributed by atoms with Gasteiger partial charge in [0.1, 0.15) is 5.82 Å². The fourth-order valence-corrected chi connectivity index (χ4v) is 1.77. The first-order valence-electron chi connectivity index (χ1n) is 5.74. The van der Waals surface area contributed by atoms with Gasteiger partial charge in [-0.15, -0.1) is 0 Å². The summed E-state index contributed by atoms with van der Waals surface area (Å²) in [6.45, 7) is 1.89. The van der Waals surface area contributed by atoms with Gasteiger partial charge >= 0.3 is 6.18 Å². The van der Waals surface area contributed by atoms with Gasteiger partial charge in [-0.2, -0.15) is 13.2 Å². The van der Waals surface area contributed by atoms with Crippen LogP contribution in [0.3, 0.4) is 0 Å². The number of halogens is 3. The molecule has 0 amide bonds. The lowest BCUT2D eigenvalue weighted by atomic mass is 10.1. The van der Waals surface area contributed by atoms with Gasteiger partial charge in [0.2, 0.25) is 0 Å². The van der Waals surface area contributed by atoms with Crippen molar-refractivity contribution < 1.29 is 13.2 Å². The van der Waals surface area contributed by atoms with Gasteiger partial charge < -0.3 is 5.32 Å². The molecule has 0 saturated heterocycles. The highest BCUT2D eigenvalue weighted by atomic mass is 19.4. The summed E-state index contributed by atoms with van der Waals surface area (Å²) >= 11 is 0. The molecular formula is C14H13F3N2. The molecule has 0 atom stereocenters. The zero-order chi connectivity index (χ0) is 14.0. The maximum atomic E-state index is 12.8. The van der Waals surface area contributed by atoms with Gasteiger partial charge in [-0.25, -0.2) is 4.98 Å². The fraction of sp³-hybridized carbons (Fsp3) is 0.214. The molecule has 1 aromatic heterocycles. The highest BCUT2D eigenvalue weighted by Gasteiger charge is 2.31. The molecule has 0 aliphatic rings. The minimum absolute atomic E-state index is 0.200. The lowest BCUT2D eigenvalue weighted by molar-refractivity contribution is -0.137. The monoisotopic (exact) mass is 266 g/mol. The van der Waals surface area contributed by atoms with Crippen LogP contribution in [0.4, 0.5) is 19.0 Å². The summed E-state index contributed by atoms with van der Waals surface area (Å²) in [6, 6.07) is 9.30. The van der Waals surface area contributed by atoms with E-state index in [1.807, 2.05) is 19.1 Å². The second-order valence-corrected chi connectivity index (χ2v) is 4.24. The van der Waals surface area contributed by atoms with Crippen molar-refractivity contribution in [1.82, 2.24) is 4.98 Å². The Labute approximate surface area is 109 Å². The SMILES string of the molecule is CNc1cc(C(F)(F)F)cc(-c2cccc(C)c2)n1. The molecule has 0 fully saturated rings. The fourth-order valence-electron chi connectivity index (χ4n) is 1.77. The van der Waals surface area contributed by atoms with E-state index in [0.29, 0.717) is 11.3 Å². The summed E-state index contributed by atoms with van der Waals surface area (Å²) < 4.78 is 38.5. The zero-order valence-electron chi connectivity index (χ0n) is 10.5. The van der Waals surface area contributed by atoms with Crippen molar-refractivity contribution in [2.75, 3.05) is 12.4 Å². The number of pyridine rings is 1. The number of benzene rings is 1. The Morgan fingerprint density at radius 3 is 2.42 bits per heavy atom. The molecule has 0 radical (unpaired) electrons. The molecule has 0 aliphatic carbocycles. The Morgan fingerprint density at radius 1 is 1.11 bits per heavy atom. The van der Waals surface area contributed by atoms with Gasteiger partial charge in [-0.1, -0.05) is 23.8 Å². The number of alkyl halides is 3. The van der Waals surface area contributed by atoms with Crippen molar-refractivity contribution in [3.8, 4) is 11.3 Å². The van der Waals surface area contributed by atoms with Crippen LogP contribution in [0.2, 0.25) is 0 Å². The third-order valence-electron chi connectivity index (χ3n) is 2.72. The van der Waals surface area contributed by atoms with Gasteiger partial charge in [0.05, 0.1) is 11.3 Å². The Kier molecular flexibility index (Phi) is 3.46. The lowest BCUT2D eigenvalue weighted by Crippen LogP contribution is -2.07. The van der Waals surface area contributed by atoms with Crippen LogP contribution < -0.4 is 5.32 Å². The van der Waals surface area contributed by atoms with Crippen LogP contribution in [0.5, 0.6) is 0 Å². The number of rotatable bonds is 2. The smallest absolute Gasteiger partial charge is 0.373 e. The topological polar surface area (TPSA) is 24.9 Å². The number of hydrogen-bond acceptors (Lipinski definition) is 2. The third kappa shape index (κ3) is 3.05. The average Bonchev–Trinajstić information content (AvgIpc) is 2.37. The second-order valence-electron chi connectivity index (χ2n) is 4.24. The van der Waals surface area contributed by atoms with Crippen molar-refractivity contribution in [2.45, 2.75) is 13.1 Å². The summed E-state index contributed by atoms with van der Waals surface area (Å²) in [5.74, 6) is 0.200. The molecule has 0 saturated carbocycles. The first-order valence-corrected chi connectivity index (χ1v) is 5.74. The summed E-state index contributed by atoms with van der Waals surface area (Å²) in [6.07, 6.45) is -4.38. The Balaban J connectivity index is 2.57. The molecule has 1 N–H and O–H groups in total. The number of hydrogen-bond donors (Lipinski definition) is 1. The van der Waals surface area contributed by atoms with Crippen molar-refractivity contribution in [1.29, 1.82) is 0 Å². The van der Waals surface area contributed by atoms with E-state index >= 15 is 0 Å². The molecule has 2 rings (SSSR count). The number of aryl methyl sites for hydroxylation is 1. The van der Waals surface area contributed by atoms with E-state index in [-0.39, 0.29) is 5.82 Å². The highest BCUT2D eigenvalue weighted by molar-refractivity contribution is 5.63. The molecule has 19 heavy (non-hydrogen) atoms. The van der Waals surface area contributed by atoms with Crippen LogP contribution in [-0.2, 0) is 6.18 Å². The van der Waals surface area contributed by atoms with Crippen LogP contribution in [0.25, 0.3) is 11.3 Å². The van der Waals surface area contributed by atoms with E-state index in [4.69, 9.17) is 0 Å². The summed E-state index contributed by atoms with van der Waals surface area (Å²) in [5.41, 5.74) is 1.25. The van der Waals surface area contributed by atoms with E-state index in [1.54, 1.807) is 19.2 Å². The minimum Gasteiger partial charge on any atom is -0.373 e. The first kappa shape index (κ1) is 13.4.